The van der Waals surface area contributed by atoms with Crippen LogP contribution in [0.3, 0.4) is 0 Å². The maximum Gasteiger partial charge on any atom is 0.419 e. The lowest BCUT2D eigenvalue weighted by Gasteiger charge is -2.32. The zero-order valence-corrected chi connectivity index (χ0v) is 13.8. The number of halogens is 5. The van der Waals surface area contributed by atoms with E-state index in [2.05, 4.69) is 26.2 Å². The van der Waals surface area contributed by atoms with Crippen molar-refractivity contribution in [3.8, 4) is 0 Å². The van der Waals surface area contributed by atoms with Gasteiger partial charge in [0.2, 0.25) is 0 Å². The minimum absolute atomic E-state index is 0.161. The van der Waals surface area contributed by atoms with E-state index in [1.807, 2.05) is 20.8 Å². The van der Waals surface area contributed by atoms with Gasteiger partial charge in [-0.05, 0) is 33.8 Å². The number of alkyl halides is 4. The summed E-state index contributed by atoms with van der Waals surface area (Å²) in [6, 6.07) is 0.824. The van der Waals surface area contributed by atoms with E-state index in [4.69, 9.17) is 11.6 Å². The van der Waals surface area contributed by atoms with Gasteiger partial charge in [0.1, 0.15) is 5.82 Å². The van der Waals surface area contributed by atoms with Gasteiger partial charge in [0.05, 0.1) is 5.56 Å². The second-order valence-corrected chi connectivity index (χ2v) is 6.88. The molecule has 1 aromatic heterocycles. The summed E-state index contributed by atoms with van der Waals surface area (Å²) in [5.41, 5.74) is -1.01. The van der Waals surface area contributed by atoms with Crippen molar-refractivity contribution in [2.75, 3.05) is 11.2 Å². The van der Waals surface area contributed by atoms with Crippen LogP contribution in [0.25, 0.3) is 0 Å². The SMILES string of the molecule is CC(C)(C)C(CCCl)Nc1ncc(Br)cc1C(F)(F)F. The van der Waals surface area contributed by atoms with Crippen LogP contribution < -0.4 is 5.32 Å². The molecule has 0 fully saturated rings. The molecule has 7 heteroatoms. The van der Waals surface area contributed by atoms with Crippen LogP contribution in [0, 0.1) is 5.41 Å². The average molecular weight is 374 g/mol. The summed E-state index contributed by atoms with van der Waals surface area (Å²) in [4.78, 5) is 3.86. The predicted octanol–water partition coefficient (Wildman–Crippen LogP) is 5.32. The molecule has 0 aliphatic carbocycles. The van der Waals surface area contributed by atoms with Crippen LogP contribution in [0.2, 0.25) is 0 Å². The Morgan fingerprint density at radius 1 is 1.35 bits per heavy atom. The third kappa shape index (κ3) is 4.81. The highest BCUT2D eigenvalue weighted by molar-refractivity contribution is 9.10. The van der Waals surface area contributed by atoms with E-state index in [1.54, 1.807) is 0 Å². The molecule has 0 spiro atoms. The van der Waals surface area contributed by atoms with Crippen LogP contribution in [-0.4, -0.2) is 16.9 Å². The Morgan fingerprint density at radius 2 is 1.95 bits per heavy atom. The summed E-state index contributed by atoms with van der Waals surface area (Å²) in [6.45, 7) is 5.84. The Kier molecular flexibility index (Phi) is 5.72. The lowest BCUT2D eigenvalue weighted by atomic mass is 9.85. The number of aromatic nitrogens is 1. The highest BCUT2D eigenvalue weighted by atomic mass is 79.9. The number of nitrogens with zero attached hydrogens (tertiary/aromatic N) is 1. The molecule has 1 N–H and O–H groups in total. The summed E-state index contributed by atoms with van der Waals surface area (Å²) >= 11 is 8.75. The minimum Gasteiger partial charge on any atom is -0.366 e. The normalized spacial score (nSPS) is 14.2. The smallest absolute Gasteiger partial charge is 0.366 e. The molecule has 0 saturated heterocycles. The van der Waals surface area contributed by atoms with Crippen LogP contribution in [0.1, 0.15) is 32.8 Å². The van der Waals surface area contributed by atoms with Gasteiger partial charge in [-0.2, -0.15) is 13.2 Å². The molecule has 0 aliphatic rings. The Balaban J connectivity index is 3.13. The van der Waals surface area contributed by atoms with E-state index in [0.29, 0.717) is 16.8 Å². The van der Waals surface area contributed by atoms with E-state index in [9.17, 15) is 13.2 Å². The fourth-order valence-corrected chi connectivity index (χ4v) is 2.32. The number of rotatable bonds is 4. The molecule has 1 rings (SSSR count). The number of hydrogen-bond donors (Lipinski definition) is 1. The Labute approximate surface area is 130 Å². The van der Waals surface area contributed by atoms with Crippen molar-refractivity contribution < 1.29 is 13.2 Å². The summed E-state index contributed by atoms with van der Waals surface area (Å²) in [5, 5.41) is 2.89. The Morgan fingerprint density at radius 3 is 2.40 bits per heavy atom. The molecular formula is C13H17BrClF3N2. The molecule has 0 aliphatic heterocycles. The van der Waals surface area contributed by atoms with Crippen molar-refractivity contribution in [3.05, 3.63) is 22.3 Å². The van der Waals surface area contributed by atoms with Gasteiger partial charge < -0.3 is 5.32 Å². The van der Waals surface area contributed by atoms with Crippen LogP contribution in [-0.2, 0) is 6.18 Å². The fraction of sp³-hybridized carbons (Fsp3) is 0.615. The largest absolute Gasteiger partial charge is 0.419 e. The Bertz CT molecular complexity index is 458. The van der Waals surface area contributed by atoms with Crippen molar-refractivity contribution >= 4 is 33.3 Å². The molecule has 0 radical (unpaired) electrons. The summed E-state index contributed by atoms with van der Waals surface area (Å²) in [6.07, 6.45) is -2.55. The molecule has 0 aromatic carbocycles. The highest BCUT2D eigenvalue weighted by Crippen LogP contribution is 2.37. The Hall–Kier alpha value is -0.490. The van der Waals surface area contributed by atoms with Gasteiger partial charge in [-0.25, -0.2) is 4.98 Å². The second-order valence-electron chi connectivity index (χ2n) is 5.59. The summed E-state index contributed by atoms with van der Waals surface area (Å²) in [7, 11) is 0. The van der Waals surface area contributed by atoms with Crippen molar-refractivity contribution in [2.45, 2.75) is 39.4 Å². The quantitative estimate of drug-likeness (QED) is 0.723. The number of hydrogen-bond acceptors (Lipinski definition) is 2. The third-order valence-corrected chi connectivity index (χ3v) is 3.57. The van der Waals surface area contributed by atoms with E-state index in [0.717, 1.165) is 6.07 Å². The zero-order chi connectivity index (χ0) is 15.6. The van der Waals surface area contributed by atoms with Gasteiger partial charge in [-0.15, -0.1) is 11.6 Å². The first kappa shape index (κ1) is 17.6. The molecule has 0 saturated carbocycles. The van der Waals surface area contributed by atoms with Crippen molar-refractivity contribution in [3.63, 3.8) is 0 Å². The van der Waals surface area contributed by atoms with Crippen LogP contribution in [0.4, 0.5) is 19.0 Å². The van der Waals surface area contributed by atoms with E-state index < -0.39 is 11.7 Å². The predicted molar refractivity (Wildman–Crippen MR) is 79.1 cm³/mol. The van der Waals surface area contributed by atoms with Gasteiger partial charge in [0.25, 0.3) is 0 Å². The third-order valence-electron chi connectivity index (χ3n) is 2.91. The molecule has 1 aromatic rings. The van der Waals surface area contributed by atoms with Crippen molar-refractivity contribution in [1.29, 1.82) is 0 Å². The number of nitrogens with one attached hydrogen (secondary N) is 1. The van der Waals surface area contributed by atoms with E-state index >= 15 is 0 Å². The minimum atomic E-state index is -4.46. The first-order valence-electron chi connectivity index (χ1n) is 6.11. The van der Waals surface area contributed by atoms with E-state index in [1.165, 1.54) is 6.20 Å². The second kappa shape index (κ2) is 6.52. The summed E-state index contributed by atoms with van der Waals surface area (Å²) < 4.78 is 39.4. The first-order chi connectivity index (χ1) is 9.05. The van der Waals surface area contributed by atoms with Gasteiger partial charge in [0, 0.05) is 22.6 Å². The van der Waals surface area contributed by atoms with Crippen molar-refractivity contribution in [1.82, 2.24) is 4.98 Å². The molecule has 1 unspecified atom stereocenters. The lowest BCUT2D eigenvalue weighted by Crippen LogP contribution is -2.35. The maximum atomic E-state index is 13.0. The molecular weight excluding hydrogens is 357 g/mol. The molecule has 1 heterocycles. The first-order valence-corrected chi connectivity index (χ1v) is 7.43. The van der Waals surface area contributed by atoms with Crippen LogP contribution in [0.15, 0.2) is 16.7 Å². The molecule has 0 amide bonds. The molecule has 1 atom stereocenters. The number of pyridine rings is 1. The zero-order valence-electron chi connectivity index (χ0n) is 11.5. The van der Waals surface area contributed by atoms with Crippen molar-refractivity contribution in [2.24, 2.45) is 5.41 Å². The van der Waals surface area contributed by atoms with Gasteiger partial charge in [-0.1, -0.05) is 20.8 Å². The number of anilines is 1. The molecule has 0 bridgehead atoms. The van der Waals surface area contributed by atoms with Crippen LogP contribution in [0.5, 0.6) is 0 Å². The van der Waals surface area contributed by atoms with Gasteiger partial charge in [0.15, 0.2) is 0 Å². The molecule has 114 valence electrons. The highest BCUT2D eigenvalue weighted by Gasteiger charge is 2.36. The van der Waals surface area contributed by atoms with Gasteiger partial charge in [-0.3, -0.25) is 0 Å². The maximum absolute atomic E-state index is 13.0. The average Bonchev–Trinajstić information content (AvgIpc) is 2.28. The summed E-state index contributed by atoms with van der Waals surface area (Å²) in [5.74, 6) is 0.207. The standard InChI is InChI=1S/C13H17BrClF3N2/c1-12(2,3)10(4-5-15)20-11-9(13(16,17)18)6-8(14)7-19-11/h6-7,10H,4-5H2,1-3H3,(H,19,20). The topological polar surface area (TPSA) is 24.9 Å². The van der Waals surface area contributed by atoms with Gasteiger partial charge >= 0.3 is 6.18 Å². The monoisotopic (exact) mass is 372 g/mol. The van der Waals surface area contributed by atoms with Crippen LogP contribution >= 0.6 is 27.5 Å². The van der Waals surface area contributed by atoms with E-state index in [-0.39, 0.29) is 17.3 Å². The fourth-order valence-electron chi connectivity index (χ4n) is 1.77. The molecule has 20 heavy (non-hydrogen) atoms. The molecule has 2 nitrogen and oxygen atoms in total. The lowest BCUT2D eigenvalue weighted by molar-refractivity contribution is -0.137.